The number of aliphatic hydroxyl groups is 1. The number of nitrogens with zero attached hydrogens (tertiary/aromatic N) is 2. The lowest BCUT2D eigenvalue weighted by Crippen LogP contribution is -2.63. The van der Waals surface area contributed by atoms with Crippen molar-refractivity contribution in [1.82, 2.24) is 4.72 Å². The first-order valence-electron chi connectivity index (χ1n) is 9.99. The van der Waals surface area contributed by atoms with Crippen molar-refractivity contribution >= 4 is 33.9 Å². The summed E-state index contributed by atoms with van der Waals surface area (Å²) in [4.78, 5) is 41.3. The molecule has 178 valence electrons. The fourth-order valence-electron chi connectivity index (χ4n) is 3.40. The zero-order valence-corrected chi connectivity index (χ0v) is 19.7. The molecule has 1 fully saturated rings. The van der Waals surface area contributed by atoms with Gasteiger partial charge in [-0.15, -0.1) is 9.55 Å². The molecule has 0 aliphatic carbocycles. The number of hydrogen-bond acceptors (Lipinski definition) is 10. The summed E-state index contributed by atoms with van der Waals surface area (Å²) in [6.45, 7) is 3.19. The van der Waals surface area contributed by atoms with Gasteiger partial charge in [0.2, 0.25) is 10.0 Å². The number of aliphatic hydroxyl groups excluding tert-OH is 1. The van der Waals surface area contributed by atoms with Crippen LogP contribution in [0.2, 0.25) is 0 Å². The molecule has 0 radical (unpaired) electrons. The van der Waals surface area contributed by atoms with Crippen molar-refractivity contribution < 1.29 is 37.3 Å². The molecule has 2 atom stereocenters. The molecule has 0 amide bonds. The monoisotopic (exact) mass is 490 g/mol. The lowest BCUT2D eigenvalue weighted by atomic mass is 9.88. The predicted molar refractivity (Wildman–Crippen MR) is 116 cm³/mol. The van der Waals surface area contributed by atoms with Gasteiger partial charge in [-0.2, -0.15) is 4.72 Å². The third-order valence-corrected chi connectivity index (χ3v) is 7.78. The highest BCUT2D eigenvalue weighted by Gasteiger charge is 2.54. The van der Waals surface area contributed by atoms with Gasteiger partial charge in [-0.25, -0.2) is 13.2 Å². The minimum Gasteiger partial charge on any atom is -0.465 e. The van der Waals surface area contributed by atoms with Crippen LogP contribution in [0.1, 0.15) is 26.7 Å². The Kier molecular flexibility index (Phi) is 8.76. The molecule has 2 N–H and O–H groups in total. The fraction of sp³-hybridized carbons (Fsp3) is 0.579. The number of carbonyl (C=O) groups excluding carboxylic acids is 2. The summed E-state index contributed by atoms with van der Waals surface area (Å²) in [5, 5.41) is 9.43. The second-order valence-electron chi connectivity index (χ2n) is 7.68. The number of piperidine rings is 1. The van der Waals surface area contributed by atoms with Crippen molar-refractivity contribution in [3.05, 3.63) is 35.2 Å². The van der Waals surface area contributed by atoms with E-state index in [9.17, 15) is 28.0 Å². The highest BCUT2D eigenvalue weighted by molar-refractivity contribution is 7.99. The lowest BCUT2D eigenvalue weighted by molar-refractivity contribution is -1.08. The van der Waals surface area contributed by atoms with E-state index in [1.54, 1.807) is 32.2 Å². The standard InChI is InChI=1S/C19H28N3O8S2/c1-4-29-18(25)16(20-32(27,28)15-8-6-5-7-9-15)19(31-21-26)10-12-22(3,13-11-19)30-17(24)14(2)23/h5-9,14,16,20,23H,4,10-13H2,1-3H3/q+1. The number of benzene rings is 1. The Labute approximate surface area is 191 Å². The predicted octanol–water partition coefficient (Wildman–Crippen LogP) is 1.13. The molecule has 1 aliphatic heterocycles. The number of nitrogens with one attached hydrogen (secondary N) is 1. The van der Waals surface area contributed by atoms with Crippen LogP contribution < -0.4 is 4.72 Å². The maximum Gasteiger partial charge on any atom is 0.394 e. The van der Waals surface area contributed by atoms with Crippen LogP contribution in [0.15, 0.2) is 39.8 Å². The summed E-state index contributed by atoms with van der Waals surface area (Å²) < 4.78 is 34.9. The summed E-state index contributed by atoms with van der Waals surface area (Å²) in [6.07, 6.45) is -1.10. The first-order valence-corrected chi connectivity index (χ1v) is 12.2. The van der Waals surface area contributed by atoms with Crippen LogP contribution in [0.5, 0.6) is 0 Å². The zero-order chi connectivity index (χ0) is 24.0. The van der Waals surface area contributed by atoms with E-state index in [2.05, 4.69) is 9.30 Å². The molecule has 0 aromatic heterocycles. The summed E-state index contributed by atoms with van der Waals surface area (Å²) in [5.74, 6) is -1.65. The maximum atomic E-state index is 13.0. The normalized spacial score (nSPS) is 25.4. The number of esters is 1. The van der Waals surface area contributed by atoms with Crippen LogP contribution in [-0.4, -0.2) is 73.7 Å². The van der Waals surface area contributed by atoms with E-state index in [1.807, 2.05) is 0 Å². The number of nitroso groups, excluding NO2 is 1. The summed E-state index contributed by atoms with van der Waals surface area (Å²) in [5.41, 5.74) is 0. The average Bonchev–Trinajstić information content (AvgIpc) is 2.75. The number of sulfonamides is 1. The van der Waals surface area contributed by atoms with Crippen molar-refractivity contribution in [2.24, 2.45) is 4.58 Å². The molecule has 0 spiro atoms. The molecule has 1 heterocycles. The van der Waals surface area contributed by atoms with Crippen LogP contribution in [-0.2, 0) is 29.2 Å². The van der Waals surface area contributed by atoms with Gasteiger partial charge in [0.25, 0.3) is 0 Å². The van der Waals surface area contributed by atoms with Crippen LogP contribution in [0.3, 0.4) is 0 Å². The second kappa shape index (κ2) is 10.7. The van der Waals surface area contributed by atoms with Crippen LogP contribution in [0, 0.1) is 4.91 Å². The maximum absolute atomic E-state index is 13.0. The summed E-state index contributed by atoms with van der Waals surface area (Å²) >= 11 is 0.566. The Hall–Kier alpha value is -2.06. The number of quaternary nitrogens is 1. The number of ether oxygens (including phenoxy) is 1. The van der Waals surface area contributed by atoms with E-state index in [0.29, 0.717) is 11.9 Å². The van der Waals surface area contributed by atoms with Gasteiger partial charge in [0, 0.05) is 29.4 Å². The summed E-state index contributed by atoms with van der Waals surface area (Å²) in [6, 6.07) is 6.11. The van der Waals surface area contributed by atoms with Crippen molar-refractivity contribution in [2.45, 2.75) is 48.5 Å². The van der Waals surface area contributed by atoms with E-state index in [0.717, 1.165) is 0 Å². The zero-order valence-electron chi connectivity index (χ0n) is 18.1. The number of rotatable bonds is 10. The smallest absolute Gasteiger partial charge is 0.394 e. The Morgan fingerprint density at radius 1 is 1.25 bits per heavy atom. The first kappa shape index (κ1) is 26.2. The van der Waals surface area contributed by atoms with Gasteiger partial charge < -0.3 is 9.84 Å². The molecule has 1 aliphatic rings. The second-order valence-corrected chi connectivity index (χ2v) is 10.5. The molecule has 32 heavy (non-hydrogen) atoms. The molecule has 11 nitrogen and oxygen atoms in total. The average molecular weight is 491 g/mol. The molecular weight excluding hydrogens is 462 g/mol. The van der Waals surface area contributed by atoms with Gasteiger partial charge in [0.15, 0.2) is 6.10 Å². The van der Waals surface area contributed by atoms with Gasteiger partial charge in [0.1, 0.15) is 26.2 Å². The van der Waals surface area contributed by atoms with Crippen molar-refractivity contribution in [1.29, 1.82) is 0 Å². The molecule has 1 saturated heterocycles. The first-order chi connectivity index (χ1) is 15.0. The van der Waals surface area contributed by atoms with Crippen LogP contribution in [0.25, 0.3) is 0 Å². The SMILES string of the molecule is CCOC(=O)C(NS(=O)(=O)c1ccccc1)C1(SN=O)CC[N+](C)(OC(=O)C(C)O)CC1. The molecule has 0 saturated carbocycles. The van der Waals surface area contributed by atoms with E-state index in [4.69, 9.17) is 9.57 Å². The van der Waals surface area contributed by atoms with Gasteiger partial charge in [-0.3, -0.25) is 9.63 Å². The van der Waals surface area contributed by atoms with Gasteiger partial charge in [-0.1, -0.05) is 18.2 Å². The third kappa shape index (κ3) is 6.25. The molecule has 0 bridgehead atoms. The number of hydrogen-bond donors (Lipinski definition) is 2. The summed E-state index contributed by atoms with van der Waals surface area (Å²) in [7, 11) is -2.50. The topological polar surface area (TPSA) is 148 Å². The van der Waals surface area contributed by atoms with Crippen molar-refractivity contribution in [2.75, 3.05) is 26.7 Å². The third-order valence-electron chi connectivity index (χ3n) is 5.26. The number of likely N-dealkylation sites (tertiary alicyclic amines) is 1. The van der Waals surface area contributed by atoms with E-state index >= 15 is 0 Å². The van der Waals surface area contributed by atoms with Gasteiger partial charge >= 0.3 is 11.9 Å². The minimum atomic E-state index is -4.12. The van der Waals surface area contributed by atoms with Crippen LogP contribution >= 0.6 is 11.9 Å². The number of hydroxylamine groups is 3. The Bertz CT molecular complexity index is 916. The van der Waals surface area contributed by atoms with Crippen molar-refractivity contribution in [3.8, 4) is 0 Å². The van der Waals surface area contributed by atoms with Crippen LogP contribution in [0.4, 0.5) is 0 Å². The van der Waals surface area contributed by atoms with Crippen molar-refractivity contribution in [3.63, 3.8) is 0 Å². The fourth-order valence-corrected chi connectivity index (χ4v) is 5.53. The highest BCUT2D eigenvalue weighted by atomic mass is 32.2. The highest BCUT2D eigenvalue weighted by Crippen LogP contribution is 2.42. The van der Waals surface area contributed by atoms with E-state index in [1.165, 1.54) is 19.1 Å². The lowest BCUT2D eigenvalue weighted by Gasteiger charge is -2.44. The van der Waals surface area contributed by atoms with Gasteiger partial charge in [0.05, 0.1) is 16.2 Å². The molecule has 1 aromatic rings. The minimum absolute atomic E-state index is 0.0114. The number of carbonyl (C=O) groups is 2. The molecular formula is C19H28N3O8S2+. The quantitative estimate of drug-likeness (QED) is 0.213. The Morgan fingerprint density at radius 3 is 2.34 bits per heavy atom. The molecule has 2 unspecified atom stereocenters. The van der Waals surface area contributed by atoms with E-state index < -0.39 is 38.9 Å². The largest absolute Gasteiger partial charge is 0.465 e. The molecule has 1 aromatic carbocycles. The molecule has 13 heteroatoms. The molecule has 2 rings (SSSR count). The Morgan fingerprint density at radius 2 is 1.84 bits per heavy atom. The van der Waals surface area contributed by atoms with Gasteiger partial charge in [-0.05, 0) is 26.0 Å². The Balaban J connectivity index is 2.36. The van der Waals surface area contributed by atoms with E-state index in [-0.39, 0.29) is 42.1 Å².